The van der Waals surface area contributed by atoms with Crippen molar-refractivity contribution in [3.63, 3.8) is 0 Å². The third-order valence-corrected chi connectivity index (χ3v) is 4.46. The van der Waals surface area contributed by atoms with Gasteiger partial charge in [-0.2, -0.15) is 5.10 Å². The molecule has 1 fully saturated rings. The number of fused-ring (bicyclic) bond motifs is 1. The highest BCUT2D eigenvalue weighted by molar-refractivity contribution is 5.22. The second kappa shape index (κ2) is 4.81. The van der Waals surface area contributed by atoms with Gasteiger partial charge in [-0.1, -0.05) is 19.3 Å². The van der Waals surface area contributed by atoms with Gasteiger partial charge in [0.2, 0.25) is 0 Å². The summed E-state index contributed by atoms with van der Waals surface area (Å²) in [6.07, 6.45) is 12.0. The minimum Gasteiger partial charge on any atom is -0.396 e. The normalized spacial score (nSPS) is 25.8. The lowest BCUT2D eigenvalue weighted by atomic mass is 9.87. The van der Waals surface area contributed by atoms with Crippen LogP contribution in [0.4, 0.5) is 0 Å². The Morgan fingerprint density at radius 1 is 1.24 bits per heavy atom. The van der Waals surface area contributed by atoms with E-state index in [0.29, 0.717) is 18.6 Å². The third-order valence-electron chi connectivity index (χ3n) is 4.46. The summed E-state index contributed by atoms with van der Waals surface area (Å²) >= 11 is 0. The Labute approximate surface area is 103 Å². The van der Waals surface area contributed by atoms with Gasteiger partial charge in [0.15, 0.2) is 0 Å². The Balaban J connectivity index is 1.80. The fourth-order valence-electron chi connectivity index (χ4n) is 3.42. The van der Waals surface area contributed by atoms with Crippen LogP contribution in [-0.2, 0) is 12.8 Å². The first-order valence-electron chi connectivity index (χ1n) is 7.04. The van der Waals surface area contributed by atoms with Crippen LogP contribution >= 0.6 is 0 Å². The first-order valence-corrected chi connectivity index (χ1v) is 7.04. The van der Waals surface area contributed by atoms with Crippen LogP contribution in [0.5, 0.6) is 0 Å². The van der Waals surface area contributed by atoms with Gasteiger partial charge < -0.3 is 5.11 Å². The topological polar surface area (TPSA) is 38.1 Å². The standard InChI is InChI=1S/C14H22N2O/c17-10-11-6-7-14-12(8-11)9-15-16(14)13-4-2-1-3-5-13/h9,11,13,17H,1-8,10H2. The molecule has 1 unspecified atom stereocenters. The quantitative estimate of drug-likeness (QED) is 0.853. The molecule has 1 saturated carbocycles. The Morgan fingerprint density at radius 3 is 2.82 bits per heavy atom. The third kappa shape index (κ3) is 2.13. The van der Waals surface area contributed by atoms with Crippen LogP contribution in [-0.4, -0.2) is 21.5 Å². The van der Waals surface area contributed by atoms with Crippen LogP contribution in [0.3, 0.4) is 0 Å². The molecule has 1 aromatic heterocycles. The number of aliphatic hydroxyl groups excluding tert-OH is 1. The van der Waals surface area contributed by atoms with Gasteiger partial charge in [-0.3, -0.25) is 4.68 Å². The summed E-state index contributed by atoms with van der Waals surface area (Å²) in [5.74, 6) is 0.464. The molecule has 1 heterocycles. The van der Waals surface area contributed by atoms with Crippen LogP contribution < -0.4 is 0 Å². The molecule has 2 aliphatic carbocycles. The molecule has 2 aliphatic rings. The van der Waals surface area contributed by atoms with Crippen molar-refractivity contribution in [2.45, 2.75) is 57.4 Å². The molecule has 0 bridgehead atoms. The zero-order chi connectivity index (χ0) is 11.7. The second-order valence-electron chi connectivity index (χ2n) is 5.64. The van der Waals surface area contributed by atoms with E-state index in [-0.39, 0.29) is 0 Å². The van der Waals surface area contributed by atoms with Gasteiger partial charge in [0.05, 0.1) is 12.2 Å². The number of hydrogen-bond donors (Lipinski definition) is 1. The van der Waals surface area contributed by atoms with Crippen molar-refractivity contribution in [1.82, 2.24) is 9.78 Å². The summed E-state index contributed by atoms with van der Waals surface area (Å²) in [5, 5.41) is 13.9. The smallest absolute Gasteiger partial charge is 0.0524 e. The van der Waals surface area contributed by atoms with Gasteiger partial charge in [-0.05, 0) is 43.6 Å². The molecule has 0 aliphatic heterocycles. The molecule has 0 amide bonds. The van der Waals surface area contributed by atoms with E-state index in [1.165, 1.54) is 43.4 Å². The highest BCUT2D eigenvalue weighted by atomic mass is 16.3. The molecule has 0 radical (unpaired) electrons. The zero-order valence-electron chi connectivity index (χ0n) is 10.4. The van der Waals surface area contributed by atoms with E-state index < -0.39 is 0 Å². The number of hydrogen-bond acceptors (Lipinski definition) is 2. The van der Waals surface area contributed by atoms with Crippen molar-refractivity contribution in [3.05, 3.63) is 17.5 Å². The van der Waals surface area contributed by atoms with Crippen LogP contribution in [0, 0.1) is 5.92 Å². The molecule has 0 spiro atoms. The van der Waals surface area contributed by atoms with E-state index >= 15 is 0 Å². The lowest BCUT2D eigenvalue weighted by Gasteiger charge is -2.27. The second-order valence-corrected chi connectivity index (χ2v) is 5.64. The van der Waals surface area contributed by atoms with Gasteiger partial charge in [-0.25, -0.2) is 0 Å². The average Bonchev–Trinajstić information content (AvgIpc) is 2.82. The van der Waals surface area contributed by atoms with Crippen molar-refractivity contribution in [2.24, 2.45) is 5.92 Å². The molecule has 3 nitrogen and oxygen atoms in total. The van der Waals surface area contributed by atoms with Gasteiger partial charge in [0, 0.05) is 12.3 Å². The Morgan fingerprint density at radius 2 is 2.06 bits per heavy atom. The predicted octanol–water partition coefficient (Wildman–Crippen LogP) is 2.49. The highest BCUT2D eigenvalue weighted by Crippen LogP contribution is 2.32. The van der Waals surface area contributed by atoms with Crippen molar-refractivity contribution >= 4 is 0 Å². The van der Waals surface area contributed by atoms with Crippen LogP contribution in [0.15, 0.2) is 6.20 Å². The summed E-state index contributed by atoms with van der Waals surface area (Å²) in [6, 6.07) is 0.651. The first kappa shape index (κ1) is 11.3. The minimum absolute atomic E-state index is 0.327. The lowest BCUT2D eigenvalue weighted by Crippen LogP contribution is -2.22. The van der Waals surface area contributed by atoms with Crippen LogP contribution in [0.1, 0.15) is 55.8 Å². The van der Waals surface area contributed by atoms with E-state index in [1.807, 2.05) is 6.20 Å². The molecule has 17 heavy (non-hydrogen) atoms. The Hall–Kier alpha value is -0.830. The monoisotopic (exact) mass is 234 g/mol. The van der Waals surface area contributed by atoms with Crippen molar-refractivity contribution < 1.29 is 5.11 Å². The maximum absolute atomic E-state index is 9.24. The number of rotatable bonds is 2. The molecule has 1 N–H and O–H groups in total. The molecular weight excluding hydrogens is 212 g/mol. The van der Waals surface area contributed by atoms with Gasteiger partial charge in [0.1, 0.15) is 0 Å². The SMILES string of the molecule is OCC1CCc2c(cnn2C2CCCCC2)C1. The van der Waals surface area contributed by atoms with Gasteiger partial charge in [-0.15, -0.1) is 0 Å². The summed E-state index contributed by atoms with van der Waals surface area (Å²) in [4.78, 5) is 0. The first-order chi connectivity index (χ1) is 8.38. The summed E-state index contributed by atoms with van der Waals surface area (Å²) in [6.45, 7) is 0.327. The molecule has 3 heteroatoms. The molecule has 94 valence electrons. The largest absolute Gasteiger partial charge is 0.396 e. The van der Waals surface area contributed by atoms with Gasteiger partial charge in [0.25, 0.3) is 0 Å². The van der Waals surface area contributed by atoms with E-state index in [0.717, 1.165) is 19.3 Å². The van der Waals surface area contributed by atoms with E-state index in [9.17, 15) is 5.11 Å². The zero-order valence-corrected chi connectivity index (χ0v) is 10.4. The molecule has 0 saturated heterocycles. The maximum Gasteiger partial charge on any atom is 0.0524 e. The fourth-order valence-corrected chi connectivity index (χ4v) is 3.42. The number of aromatic nitrogens is 2. The Bertz CT molecular complexity index is 380. The maximum atomic E-state index is 9.24. The highest BCUT2D eigenvalue weighted by Gasteiger charge is 2.25. The fraction of sp³-hybridized carbons (Fsp3) is 0.786. The van der Waals surface area contributed by atoms with Crippen molar-refractivity contribution in [1.29, 1.82) is 0 Å². The van der Waals surface area contributed by atoms with E-state index in [1.54, 1.807) is 0 Å². The molecule has 0 aromatic carbocycles. The number of aliphatic hydroxyl groups is 1. The summed E-state index contributed by atoms with van der Waals surface area (Å²) < 4.78 is 2.31. The minimum atomic E-state index is 0.327. The lowest BCUT2D eigenvalue weighted by molar-refractivity contribution is 0.211. The van der Waals surface area contributed by atoms with Crippen LogP contribution in [0.2, 0.25) is 0 Å². The van der Waals surface area contributed by atoms with E-state index in [4.69, 9.17) is 0 Å². The number of nitrogens with zero attached hydrogens (tertiary/aromatic N) is 2. The summed E-state index contributed by atoms with van der Waals surface area (Å²) in [5.41, 5.74) is 2.85. The van der Waals surface area contributed by atoms with E-state index in [2.05, 4.69) is 9.78 Å². The van der Waals surface area contributed by atoms with Gasteiger partial charge >= 0.3 is 0 Å². The summed E-state index contributed by atoms with van der Waals surface area (Å²) in [7, 11) is 0. The van der Waals surface area contributed by atoms with Crippen molar-refractivity contribution in [2.75, 3.05) is 6.61 Å². The Kier molecular flexibility index (Phi) is 3.19. The van der Waals surface area contributed by atoms with Crippen molar-refractivity contribution in [3.8, 4) is 0 Å². The average molecular weight is 234 g/mol. The predicted molar refractivity (Wildman–Crippen MR) is 66.9 cm³/mol. The van der Waals surface area contributed by atoms with Crippen LogP contribution in [0.25, 0.3) is 0 Å². The molecule has 1 atom stereocenters. The molecule has 1 aromatic rings. The molecular formula is C14H22N2O. The molecule has 3 rings (SSSR count).